The molecule has 3 rings (SSSR count). The number of nitrogens with zero attached hydrogens (tertiary/aromatic N) is 2. The molecule has 2 amide bonds. The third kappa shape index (κ3) is 4.16. The van der Waals surface area contributed by atoms with Gasteiger partial charge in [-0.05, 0) is 36.8 Å². The highest BCUT2D eigenvalue weighted by Gasteiger charge is 2.64. The van der Waals surface area contributed by atoms with Crippen molar-refractivity contribution in [2.24, 2.45) is 21.8 Å². The summed E-state index contributed by atoms with van der Waals surface area (Å²) < 4.78 is 0.431. The van der Waals surface area contributed by atoms with Gasteiger partial charge in [-0.25, -0.2) is 0 Å². The van der Waals surface area contributed by atoms with Gasteiger partial charge in [0.25, 0.3) is 0 Å². The van der Waals surface area contributed by atoms with E-state index in [1.54, 1.807) is 0 Å². The second-order valence-electron chi connectivity index (χ2n) is 8.39. The van der Waals surface area contributed by atoms with E-state index in [1.807, 2.05) is 70.2 Å². The van der Waals surface area contributed by atoms with Crippen LogP contribution in [0.5, 0.6) is 0 Å². The van der Waals surface area contributed by atoms with Crippen molar-refractivity contribution < 1.29 is 9.59 Å². The zero-order valence-corrected chi connectivity index (χ0v) is 18.9. The molecule has 0 radical (unpaired) electrons. The van der Waals surface area contributed by atoms with E-state index in [-0.39, 0.29) is 29.0 Å². The molecular formula is C22H27N3O2S2. The predicted molar refractivity (Wildman–Crippen MR) is 123 cm³/mol. The highest BCUT2D eigenvalue weighted by atomic mass is 32.2. The summed E-state index contributed by atoms with van der Waals surface area (Å²) in [5.41, 5.74) is 3.91. The lowest BCUT2D eigenvalue weighted by molar-refractivity contribution is -0.166. The number of hydrogen-bond donors (Lipinski definition) is 1. The van der Waals surface area contributed by atoms with Crippen molar-refractivity contribution in [3.63, 3.8) is 0 Å². The van der Waals surface area contributed by atoms with Gasteiger partial charge in [-0.3, -0.25) is 19.9 Å². The number of allylic oxidation sites excluding steroid dienone is 1. The standard InChI is InChI=1S/C22H27N3O2S2/c1-15(10-11-16-8-6-5-7-9-16)23-24-20(28)29-14-25-18(26)17-12-13-22(4,19(25)27)21(17,2)3/h5-11,17H,12-14H2,1-4H3,(H,24,28)/b11-10-,23-15-/t17-,22-/m1/s1. The first-order chi connectivity index (χ1) is 13.7. The number of carbonyl (C=O) groups is 2. The maximum absolute atomic E-state index is 13.0. The van der Waals surface area contributed by atoms with Gasteiger partial charge in [-0.1, -0.05) is 81.2 Å². The van der Waals surface area contributed by atoms with Gasteiger partial charge in [0.1, 0.15) is 0 Å². The topological polar surface area (TPSA) is 61.8 Å². The second-order valence-corrected chi connectivity index (χ2v) is 10.0. The van der Waals surface area contributed by atoms with Crippen LogP contribution >= 0.6 is 24.0 Å². The van der Waals surface area contributed by atoms with E-state index >= 15 is 0 Å². The molecule has 2 aliphatic rings. The fourth-order valence-electron chi connectivity index (χ4n) is 4.13. The van der Waals surface area contributed by atoms with E-state index in [9.17, 15) is 9.59 Å². The van der Waals surface area contributed by atoms with Gasteiger partial charge < -0.3 is 0 Å². The first kappa shape index (κ1) is 21.7. The second kappa shape index (κ2) is 8.40. The Bertz CT molecular complexity index is 879. The molecule has 2 fully saturated rings. The molecule has 1 heterocycles. The van der Waals surface area contributed by atoms with Gasteiger partial charge in [0, 0.05) is 5.92 Å². The molecule has 5 nitrogen and oxygen atoms in total. The van der Waals surface area contributed by atoms with Crippen LogP contribution in [-0.2, 0) is 9.59 Å². The van der Waals surface area contributed by atoms with Crippen molar-refractivity contribution in [2.45, 2.75) is 40.5 Å². The summed E-state index contributed by atoms with van der Waals surface area (Å²) >= 11 is 6.57. The highest BCUT2D eigenvalue weighted by molar-refractivity contribution is 8.22. The van der Waals surface area contributed by atoms with E-state index in [1.165, 1.54) is 16.7 Å². The van der Waals surface area contributed by atoms with Crippen LogP contribution in [0, 0.1) is 16.7 Å². The van der Waals surface area contributed by atoms with Crippen LogP contribution in [-0.4, -0.2) is 32.6 Å². The van der Waals surface area contributed by atoms with Crippen LogP contribution in [0.3, 0.4) is 0 Å². The predicted octanol–water partition coefficient (Wildman–Crippen LogP) is 4.45. The maximum Gasteiger partial charge on any atom is 0.236 e. The Hall–Kier alpha value is -1.99. The van der Waals surface area contributed by atoms with Gasteiger partial charge in [0.2, 0.25) is 11.8 Å². The number of rotatable bonds is 5. The first-order valence-corrected chi connectivity index (χ1v) is 11.1. The number of hydrazone groups is 1. The molecule has 154 valence electrons. The lowest BCUT2D eigenvalue weighted by Gasteiger charge is -2.47. The quantitative estimate of drug-likeness (QED) is 0.324. The van der Waals surface area contributed by atoms with Crippen LogP contribution in [0.25, 0.3) is 6.08 Å². The van der Waals surface area contributed by atoms with Crippen LogP contribution in [0.1, 0.15) is 46.1 Å². The molecule has 0 aromatic heterocycles. The zero-order valence-electron chi connectivity index (χ0n) is 17.3. The molecule has 1 N–H and O–H groups in total. The average molecular weight is 430 g/mol. The molecule has 1 aliphatic heterocycles. The number of imide groups is 1. The van der Waals surface area contributed by atoms with Gasteiger partial charge in [-0.15, -0.1) is 0 Å². The summed E-state index contributed by atoms with van der Waals surface area (Å²) in [6.45, 7) is 7.94. The van der Waals surface area contributed by atoms with Crippen LogP contribution in [0.2, 0.25) is 0 Å². The largest absolute Gasteiger partial charge is 0.274 e. The molecule has 1 aromatic carbocycles. The minimum atomic E-state index is -0.488. The van der Waals surface area contributed by atoms with E-state index in [0.29, 0.717) is 4.32 Å². The summed E-state index contributed by atoms with van der Waals surface area (Å²) in [4.78, 5) is 27.2. The monoisotopic (exact) mass is 429 g/mol. The van der Waals surface area contributed by atoms with Crippen LogP contribution in [0.15, 0.2) is 41.5 Å². The third-order valence-corrected chi connectivity index (χ3v) is 7.66. The summed E-state index contributed by atoms with van der Waals surface area (Å²) in [7, 11) is 0. The van der Waals surface area contributed by atoms with Crippen LogP contribution < -0.4 is 5.43 Å². The molecule has 2 bridgehead atoms. The number of thiocarbonyl (C=S) groups is 1. The number of hydrogen-bond acceptors (Lipinski definition) is 5. The molecule has 2 atom stereocenters. The van der Waals surface area contributed by atoms with Crippen molar-refractivity contribution in [3.8, 4) is 0 Å². The van der Waals surface area contributed by atoms with Crippen molar-refractivity contribution in [1.29, 1.82) is 0 Å². The smallest absolute Gasteiger partial charge is 0.236 e. The Morgan fingerprint density at radius 2 is 2.00 bits per heavy atom. The number of thioether (sulfide) groups is 1. The highest BCUT2D eigenvalue weighted by Crippen LogP contribution is 2.60. The van der Waals surface area contributed by atoms with Crippen molar-refractivity contribution in [1.82, 2.24) is 10.3 Å². The third-order valence-electron chi connectivity index (χ3n) is 6.47. The summed E-state index contributed by atoms with van der Waals surface area (Å²) in [6.07, 6.45) is 5.40. The summed E-state index contributed by atoms with van der Waals surface area (Å²) in [5, 5.41) is 4.25. The molecule has 29 heavy (non-hydrogen) atoms. The number of piperidine rings is 1. The van der Waals surface area contributed by atoms with Crippen molar-refractivity contribution in [2.75, 3.05) is 5.88 Å². The fraction of sp³-hybridized carbons (Fsp3) is 0.455. The molecule has 7 heteroatoms. The molecular weight excluding hydrogens is 402 g/mol. The Labute approximate surface area is 182 Å². The number of amides is 2. The lowest BCUT2D eigenvalue weighted by Crippen LogP contribution is -2.58. The normalized spacial score (nSPS) is 26.3. The molecule has 0 spiro atoms. The number of nitrogens with one attached hydrogen (secondary N) is 1. The minimum Gasteiger partial charge on any atom is -0.274 e. The van der Waals surface area contributed by atoms with E-state index in [2.05, 4.69) is 10.5 Å². The van der Waals surface area contributed by atoms with Gasteiger partial charge in [-0.2, -0.15) is 5.10 Å². The fourth-order valence-corrected chi connectivity index (χ4v) is 4.94. The lowest BCUT2D eigenvalue weighted by atomic mass is 9.62. The molecule has 1 aromatic rings. The maximum atomic E-state index is 13.0. The molecule has 1 saturated heterocycles. The molecule has 1 saturated carbocycles. The minimum absolute atomic E-state index is 0.0734. The Balaban J connectivity index is 1.55. The van der Waals surface area contributed by atoms with Crippen molar-refractivity contribution >= 4 is 51.9 Å². The van der Waals surface area contributed by atoms with Crippen LogP contribution in [0.4, 0.5) is 0 Å². The number of fused-ring (bicyclic) bond motifs is 2. The molecule has 1 aliphatic carbocycles. The number of benzene rings is 1. The van der Waals surface area contributed by atoms with E-state index in [0.717, 1.165) is 24.1 Å². The number of likely N-dealkylation sites (tertiary alicyclic amines) is 1. The van der Waals surface area contributed by atoms with Crippen molar-refractivity contribution in [3.05, 3.63) is 42.0 Å². The average Bonchev–Trinajstić information content (AvgIpc) is 2.89. The zero-order chi connectivity index (χ0) is 21.2. The molecule has 0 unspecified atom stereocenters. The van der Waals surface area contributed by atoms with E-state index < -0.39 is 5.41 Å². The van der Waals surface area contributed by atoms with Gasteiger partial charge >= 0.3 is 0 Å². The van der Waals surface area contributed by atoms with Gasteiger partial charge in [0.15, 0.2) is 4.32 Å². The Morgan fingerprint density at radius 1 is 1.31 bits per heavy atom. The van der Waals surface area contributed by atoms with Gasteiger partial charge in [0.05, 0.1) is 17.0 Å². The summed E-state index contributed by atoms with van der Waals surface area (Å²) in [5.74, 6) is -0.0337. The first-order valence-electron chi connectivity index (χ1n) is 9.73. The SMILES string of the molecule is CC(/C=C\c1ccccc1)=N/NC(=S)SCN1C(=O)[C@H]2CC[C@](C)(C1=O)C2(C)C. The Kier molecular flexibility index (Phi) is 6.29. The Morgan fingerprint density at radius 3 is 2.69 bits per heavy atom. The number of carbonyl (C=O) groups excluding carboxylic acids is 2. The van der Waals surface area contributed by atoms with E-state index in [4.69, 9.17) is 12.2 Å². The summed E-state index contributed by atoms with van der Waals surface area (Å²) in [6, 6.07) is 9.96.